The Bertz CT molecular complexity index is 764. The number of ether oxygens (including phenoxy) is 1. The Balaban J connectivity index is 1.73. The molecular weight excluding hydrogens is 386 g/mol. The van der Waals surface area contributed by atoms with Gasteiger partial charge in [-0.2, -0.15) is 0 Å². The Kier molecular flexibility index (Phi) is 9.64. The van der Waals surface area contributed by atoms with E-state index in [1.165, 1.54) is 0 Å². The number of amides is 2. The number of hydrogen-bond donors (Lipinski definition) is 2. The van der Waals surface area contributed by atoms with Crippen molar-refractivity contribution in [3.63, 3.8) is 0 Å². The lowest BCUT2D eigenvalue weighted by molar-refractivity contribution is -0.124. The zero-order valence-corrected chi connectivity index (χ0v) is 18.3. The van der Waals surface area contributed by atoms with Gasteiger partial charge in [0.15, 0.2) is 0 Å². The smallest absolute Gasteiger partial charge is 0.408 e. The SMILES string of the molecule is CC[C@H](C)[C@H](NC(=O)OCc1ccccc1)C(=O)NCCCCc1nc(C)cs1. The first-order valence-electron chi connectivity index (χ1n) is 10.2. The predicted molar refractivity (Wildman–Crippen MR) is 116 cm³/mol. The molecule has 29 heavy (non-hydrogen) atoms. The number of alkyl carbamates (subject to hydrolysis) is 1. The summed E-state index contributed by atoms with van der Waals surface area (Å²) in [5, 5.41) is 8.85. The molecule has 1 heterocycles. The van der Waals surface area contributed by atoms with Crippen LogP contribution >= 0.6 is 11.3 Å². The van der Waals surface area contributed by atoms with Crippen molar-refractivity contribution in [1.29, 1.82) is 0 Å². The molecule has 0 saturated carbocycles. The van der Waals surface area contributed by atoms with E-state index in [-0.39, 0.29) is 18.4 Å². The van der Waals surface area contributed by atoms with Crippen LogP contribution in [0.2, 0.25) is 0 Å². The van der Waals surface area contributed by atoms with Crippen molar-refractivity contribution in [2.45, 2.75) is 59.1 Å². The van der Waals surface area contributed by atoms with Crippen LogP contribution in [0.25, 0.3) is 0 Å². The molecule has 158 valence electrons. The lowest BCUT2D eigenvalue weighted by atomic mass is 9.98. The second-order valence-electron chi connectivity index (χ2n) is 7.20. The Morgan fingerprint density at radius 1 is 1.21 bits per heavy atom. The van der Waals surface area contributed by atoms with Gasteiger partial charge in [0.2, 0.25) is 5.91 Å². The number of carbonyl (C=O) groups is 2. The standard InChI is InChI=1S/C22H31N3O3S/c1-4-16(2)20(25-22(27)28-14-18-10-6-5-7-11-18)21(26)23-13-9-8-12-19-24-17(3)15-29-19/h5-7,10-11,15-16,20H,4,8-9,12-14H2,1-3H3,(H,23,26)(H,25,27)/t16-,20-/m0/s1. The van der Waals surface area contributed by atoms with Gasteiger partial charge in [-0.05, 0) is 37.7 Å². The summed E-state index contributed by atoms with van der Waals surface area (Å²) >= 11 is 1.68. The van der Waals surface area contributed by atoms with Crippen molar-refractivity contribution in [3.8, 4) is 0 Å². The molecule has 0 saturated heterocycles. The fraction of sp³-hybridized carbons (Fsp3) is 0.500. The average Bonchev–Trinajstić information content (AvgIpc) is 3.15. The van der Waals surface area contributed by atoms with Crippen LogP contribution < -0.4 is 10.6 Å². The van der Waals surface area contributed by atoms with E-state index in [0.29, 0.717) is 6.54 Å². The van der Waals surface area contributed by atoms with Crippen molar-refractivity contribution in [2.24, 2.45) is 5.92 Å². The number of aromatic nitrogens is 1. The highest BCUT2D eigenvalue weighted by molar-refractivity contribution is 7.09. The number of hydrogen-bond acceptors (Lipinski definition) is 5. The minimum atomic E-state index is -0.607. The van der Waals surface area contributed by atoms with E-state index < -0.39 is 12.1 Å². The van der Waals surface area contributed by atoms with Gasteiger partial charge in [0.25, 0.3) is 0 Å². The van der Waals surface area contributed by atoms with Gasteiger partial charge in [0, 0.05) is 17.6 Å². The Hall–Kier alpha value is -2.41. The maximum Gasteiger partial charge on any atom is 0.408 e. The number of carbonyl (C=O) groups excluding carboxylic acids is 2. The number of aryl methyl sites for hydroxylation is 2. The molecule has 0 fully saturated rings. The van der Waals surface area contributed by atoms with Gasteiger partial charge in [-0.25, -0.2) is 9.78 Å². The molecule has 7 heteroatoms. The van der Waals surface area contributed by atoms with E-state index >= 15 is 0 Å². The Labute approximate surface area is 177 Å². The van der Waals surface area contributed by atoms with Crippen LogP contribution in [-0.2, 0) is 22.6 Å². The molecule has 2 aromatic rings. The number of thiazole rings is 1. The summed E-state index contributed by atoms with van der Waals surface area (Å²) in [5.41, 5.74) is 1.96. The van der Waals surface area contributed by atoms with Crippen LogP contribution in [-0.4, -0.2) is 29.6 Å². The second-order valence-corrected chi connectivity index (χ2v) is 8.14. The van der Waals surface area contributed by atoms with Crippen molar-refractivity contribution in [1.82, 2.24) is 15.6 Å². The van der Waals surface area contributed by atoms with E-state index in [1.807, 2.05) is 51.1 Å². The van der Waals surface area contributed by atoms with Crippen molar-refractivity contribution in [3.05, 3.63) is 52.0 Å². The molecule has 0 radical (unpaired) electrons. The molecule has 2 amide bonds. The second kappa shape index (κ2) is 12.2. The lowest BCUT2D eigenvalue weighted by Gasteiger charge is -2.23. The maximum atomic E-state index is 12.6. The number of unbranched alkanes of at least 4 members (excludes halogenated alkanes) is 1. The quantitative estimate of drug-likeness (QED) is 0.536. The molecule has 2 atom stereocenters. The lowest BCUT2D eigenvalue weighted by Crippen LogP contribution is -2.50. The van der Waals surface area contributed by atoms with Gasteiger partial charge in [0.05, 0.1) is 5.01 Å². The summed E-state index contributed by atoms with van der Waals surface area (Å²) < 4.78 is 5.26. The number of benzene rings is 1. The summed E-state index contributed by atoms with van der Waals surface area (Å²) in [7, 11) is 0. The molecule has 1 aromatic heterocycles. The molecule has 2 N–H and O–H groups in total. The first kappa shape index (κ1) is 22.9. The minimum absolute atomic E-state index is 0.0116. The minimum Gasteiger partial charge on any atom is -0.445 e. The highest BCUT2D eigenvalue weighted by atomic mass is 32.1. The zero-order chi connectivity index (χ0) is 21.1. The molecule has 0 bridgehead atoms. The highest BCUT2D eigenvalue weighted by Gasteiger charge is 2.26. The summed E-state index contributed by atoms with van der Waals surface area (Å²) in [6.45, 7) is 6.70. The number of nitrogens with zero attached hydrogens (tertiary/aromatic N) is 1. The topological polar surface area (TPSA) is 80.3 Å². The summed E-state index contributed by atoms with van der Waals surface area (Å²) in [6.07, 6.45) is 2.96. The average molecular weight is 418 g/mol. The number of rotatable bonds is 11. The predicted octanol–water partition coefficient (Wildman–Crippen LogP) is 4.23. The largest absolute Gasteiger partial charge is 0.445 e. The van der Waals surface area contributed by atoms with E-state index in [0.717, 1.165) is 41.9 Å². The van der Waals surface area contributed by atoms with E-state index in [9.17, 15) is 9.59 Å². The molecule has 0 unspecified atom stereocenters. The summed E-state index contributed by atoms with van der Waals surface area (Å²) in [6, 6.07) is 8.86. The third kappa shape index (κ3) is 8.23. The molecule has 2 rings (SSSR count). The van der Waals surface area contributed by atoms with Gasteiger partial charge < -0.3 is 15.4 Å². The van der Waals surface area contributed by atoms with Gasteiger partial charge >= 0.3 is 6.09 Å². The highest BCUT2D eigenvalue weighted by Crippen LogP contribution is 2.12. The normalized spacial score (nSPS) is 12.8. The van der Waals surface area contributed by atoms with Crippen LogP contribution in [0.15, 0.2) is 35.7 Å². The summed E-state index contributed by atoms with van der Waals surface area (Å²) in [5.74, 6) is -0.154. The van der Waals surface area contributed by atoms with Gasteiger partial charge in [-0.15, -0.1) is 11.3 Å². The van der Waals surface area contributed by atoms with Gasteiger partial charge in [-0.1, -0.05) is 50.6 Å². The fourth-order valence-electron chi connectivity index (χ4n) is 2.83. The van der Waals surface area contributed by atoms with Crippen LogP contribution in [0, 0.1) is 12.8 Å². The van der Waals surface area contributed by atoms with E-state index in [2.05, 4.69) is 21.0 Å². The first-order valence-corrected chi connectivity index (χ1v) is 11.0. The van der Waals surface area contributed by atoms with Crippen LogP contribution in [0.1, 0.15) is 49.4 Å². The molecule has 6 nitrogen and oxygen atoms in total. The summed E-state index contributed by atoms with van der Waals surface area (Å²) in [4.78, 5) is 29.2. The first-order chi connectivity index (χ1) is 14.0. The van der Waals surface area contributed by atoms with Crippen LogP contribution in [0.5, 0.6) is 0 Å². The number of nitrogens with one attached hydrogen (secondary N) is 2. The van der Waals surface area contributed by atoms with Crippen molar-refractivity contribution < 1.29 is 14.3 Å². The van der Waals surface area contributed by atoms with Gasteiger partial charge in [0.1, 0.15) is 12.6 Å². The van der Waals surface area contributed by atoms with Gasteiger partial charge in [-0.3, -0.25) is 4.79 Å². The van der Waals surface area contributed by atoms with Crippen molar-refractivity contribution in [2.75, 3.05) is 6.54 Å². The fourth-order valence-corrected chi connectivity index (χ4v) is 3.65. The monoisotopic (exact) mass is 417 g/mol. The molecule has 0 aliphatic heterocycles. The maximum absolute atomic E-state index is 12.6. The molecule has 0 spiro atoms. The Morgan fingerprint density at radius 3 is 2.62 bits per heavy atom. The van der Waals surface area contributed by atoms with E-state index in [4.69, 9.17) is 4.74 Å². The third-order valence-electron chi connectivity index (χ3n) is 4.76. The molecule has 0 aliphatic carbocycles. The van der Waals surface area contributed by atoms with Crippen LogP contribution in [0.4, 0.5) is 4.79 Å². The zero-order valence-electron chi connectivity index (χ0n) is 17.4. The molecule has 1 aromatic carbocycles. The van der Waals surface area contributed by atoms with Crippen molar-refractivity contribution >= 4 is 23.3 Å². The third-order valence-corrected chi connectivity index (χ3v) is 5.79. The van der Waals surface area contributed by atoms with E-state index in [1.54, 1.807) is 11.3 Å². The van der Waals surface area contributed by atoms with Crippen LogP contribution in [0.3, 0.4) is 0 Å². The molecular formula is C22H31N3O3S. The Morgan fingerprint density at radius 2 is 1.97 bits per heavy atom. The molecule has 0 aliphatic rings.